The Morgan fingerprint density at radius 1 is 1.53 bits per heavy atom. The number of aromatic nitrogens is 2. The lowest BCUT2D eigenvalue weighted by Gasteiger charge is -2.23. The molecule has 6 heteroatoms. The molecule has 0 unspecified atom stereocenters. The molecule has 17 heavy (non-hydrogen) atoms. The highest BCUT2D eigenvalue weighted by molar-refractivity contribution is 7.99. The SMILES string of the molecule is CSc1ncc(C=O)c(NC2CCSCC2)n1. The number of aldehydes is 1. The third kappa shape index (κ3) is 3.35. The first-order valence-electron chi connectivity index (χ1n) is 5.54. The number of thioether (sulfide) groups is 2. The summed E-state index contributed by atoms with van der Waals surface area (Å²) in [5.41, 5.74) is 0.543. The van der Waals surface area contributed by atoms with E-state index in [0.717, 1.165) is 19.1 Å². The highest BCUT2D eigenvalue weighted by Crippen LogP contribution is 2.22. The van der Waals surface area contributed by atoms with E-state index in [9.17, 15) is 4.79 Å². The van der Waals surface area contributed by atoms with E-state index in [1.165, 1.54) is 23.3 Å². The van der Waals surface area contributed by atoms with Crippen molar-refractivity contribution in [1.82, 2.24) is 9.97 Å². The van der Waals surface area contributed by atoms with Crippen LogP contribution in [0.5, 0.6) is 0 Å². The van der Waals surface area contributed by atoms with Crippen molar-refractivity contribution in [2.45, 2.75) is 24.0 Å². The highest BCUT2D eigenvalue weighted by atomic mass is 32.2. The van der Waals surface area contributed by atoms with Crippen molar-refractivity contribution in [3.05, 3.63) is 11.8 Å². The molecule has 0 spiro atoms. The summed E-state index contributed by atoms with van der Waals surface area (Å²) >= 11 is 3.46. The summed E-state index contributed by atoms with van der Waals surface area (Å²) in [5.74, 6) is 3.03. The minimum absolute atomic E-state index is 0.430. The summed E-state index contributed by atoms with van der Waals surface area (Å²) in [7, 11) is 0. The minimum Gasteiger partial charge on any atom is -0.367 e. The third-order valence-corrected chi connectivity index (χ3v) is 4.28. The maximum atomic E-state index is 10.9. The molecular formula is C11H15N3OS2. The largest absolute Gasteiger partial charge is 0.367 e. The van der Waals surface area contributed by atoms with Crippen LogP contribution in [0.25, 0.3) is 0 Å². The second-order valence-electron chi connectivity index (χ2n) is 3.81. The van der Waals surface area contributed by atoms with Gasteiger partial charge >= 0.3 is 0 Å². The Hall–Kier alpha value is -0.750. The van der Waals surface area contributed by atoms with E-state index in [1.807, 2.05) is 18.0 Å². The van der Waals surface area contributed by atoms with Crippen LogP contribution < -0.4 is 5.32 Å². The van der Waals surface area contributed by atoms with Crippen molar-refractivity contribution >= 4 is 35.6 Å². The Balaban J connectivity index is 2.14. The number of carbonyl (C=O) groups is 1. The molecule has 2 heterocycles. The molecule has 1 aromatic rings. The van der Waals surface area contributed by atoms with Gasteiger partial charge in [-0.15, -0.1) is 0 Å². The van der Waals surface area contributed by atoms with Gasteiger partial charge in [0.2, 0.25) is 0 Å². The fourth-order valence-electron chi connectivity index (χ4n) is 1.71. The standard InChI is InChI=1S/C11H15N3OS2/c1-16-11-12-6-8(7-15)10(14-11)13-9-2-4-17-5-3-9/h6-7,9H,2-5H2,1H3,(H,12,13,14). The van der Waals surface area contributed by atoms with Gasteiger partial charge in [-0.1, -0.05) is 11.8 Å². The number of rotatable bonds is 4. The molecule has 0 amide bonds. The van der Waals surface area contributed by atoms with Gasteiger partial charge in [0, 0.05) is 12.2 Å². The van der Waals surface area contributed by atoms with Crippen LogP contribution in [0.3, 0.4) is 0 Å². The molecular weight excluding hydrogens is 254 g/mol. The molecule has 1 fully saturated rings. The topological polar surface area (TPSA) is 54.9 Å². The molecule has 92 valence electrons. The van der Waals surface area contributed by atoms with Gasteiger partial charge in [0.15, 0.2) is 11.4 Å². The molecule has 1 aliphatic heterocycles. The van der Waals surface area contributed by atoms with Gasteiger partial charge in [-0.2, -0.15) is 11.8 Å². The lowest BCUT2D eigenvalue weighted by molar-refractivity contribution is 0.112. The summed E-state index contributed by atoms with van der Waals surface area (Å²) in [5, 5.41) is 4.06. The van der Waals surface area contributed by atoms with E-state index in [2.05, 4.69) is 15.3 Å². The average molecular weight is 269 g/mol. The van der Waals surface area contributed by atoms with E-state index in [4.69, 9.17) is 0 Å². The normalized spacial score (nSPS) is 16.8. The van der Waals surface area contributed by atoms with Crippen LogP contribution in [0.2, 0.25) is 0 Å². The molecule has 1 aromatic heterocycles. The van der Waals surface area contributed by atoms with Crippen LogP contribution in [0.4, 0.5) is 5.82 Å². The number of hydrogen-bond acceptors (Lipinski definition) is 6. The number of anilines is 1. The molecule has 2 rings (SSSR count). The Kier molecular flexibility index (Phi) is 4.67. The summed E-state index contributed by atoms with van der Waals surface area (Å²) in [4.78, 5) is 19.4. The van der Waals surface area contributed by atoms with Crippen molar-refractivity contribution in [3.8, 4) is 0 Å². The highest BCUT2D eigenvalue weighted by Gasteiger charge is 2.16. The van der Waals surface area contributed by atoms with Crippen LogP contribution in [-0.4, -0.2) is 40.1 Å². The monoisotopic (exact) mass is 269 g/mol. The van der Waals surface area contributed by atoms with Gasteiger partial charge in [-0.25, -0.2) is 9.97 Å². The predicted octanol–water partition coefficient (Wildman–Crippen LogP) is 2.32. The number of hydrogen-bond donors (Lipinski definition) is 1. The van der Waals surface area contributed by atoms with Gasteiger partial charge < -0.3 is 5.32 Å². The maximum Gasteiger partial charge on any atom is 0.189 e. The first-order valence-corrected chi connectivity index (χ1v) is 7.92. The van der Waals surface area contributed by atoms with Crippen molar-refractivity contribution in [2.24, 2.45) is 0 Å². The van der Waals surface area contributed by atoms with Gasteiger partial charge in [-0.3, -0.25) is 4.79 Å². The number of nitrogens with one attached hydrogen (secondary N) is 1. The van der Waals surface area contributed by atoms with Gasteiger partial charge in [-0.05, 0) is 30.6 Å². The zero-order valence-corrected chi connectivity index (χ0v) is 11.3. The molecule has 1 saturated heterocycles. The molecule has 0 bridgehead atoms. The van der Waals surface area contributed by atoms with Crippen LogP contribution >= 0.6 is 23.5 Å². The fraction of sp³-hybridized carbons (Fsp3) is 0.545. The molecule has 0 saturated carbocycles. The van der Waals surface area contributed by atoms with E-state index >= 15 is 0 Å². The van der Waals surface area contributed by atoms with Gasteiger partial charge in [0.05, 0.1) is 5.56 Å². The number of carbonyl (C=O) groups excluding carboxylic acids is 1. The second kappa shape index (κ2) is 6.26. The Morgan fingerprint density at radius 3 is 2.94 bits per heavy atom. The Bertz CT molecular complexity index is 394. The fourth-order valence-corrected chi connectivity index (χ4v) is 3.16. The lowest BCUT2D eigenvalue weighted by atomic mass is 10.1. The van der Waals surface area contributed by atoms with E-state index in [1.54, 1.807) is 6.20 Å². The molecule has 1 N–H and O–H groups in total. The quantitative estimate of drug-likeness (QED) is 0.514. The molecule has 0 aromatic carbocycles. The third-order valence-electron chi connectivity index (χ3n) is 2.67. The summed E-state index contributed by atoms with van der Waals surface area (Å²) in [6, 6.07) is 0.430. The van der Waals surface area contributed by atoms with Crippen LogP contribution in [-0.2, 0) is 0 Å². The van der Waals surface area contributed by atoms with Crippen molar-refractivity contribution in [3.63, 3.8) is 0 Å². The maximum absolute atomic E-state index is 10.9. The zero-order chi connectivity index (χ0) is 12.1. The Morgan fingerprint density at radius 2 is 2.29 bits per heavy atom. The first-order chi connectivity index (χ1) is 8.33. The molecule has 0 atom stereocenters. The molecule has 0 radical (unpaired) electrons. The summed E-state index contributed by atoms with van der Waals surface area (Å²) in [6.45, 7) is 0. The average Bonchev–Trinajstić information content (AvgIpc) is 2.40. The second-order valence-corrected chi connectivity index (χ2v) is 5.81. The van der Waals surface area contributed by atoms with E-state index in [-0.39, 0.29) is 0 Å². The molecule has 0 aliphatic carbocycles. The van der Waals surface area contributed by atoms with Crippen molar-refractivity contribution < 1.29 is 4.79 Å². The van der Waals surface area contributed by atoms with E-state index in [0.29, 0.717) is 22.6 Å². The van der Waals surface area contributed by atoms with Crippen LogP contribution in [0, 0.1) is 0 Å². The summed E-state index contributed by atoms with van der Waals surface area (Å²) in [6.07, 6.45) is 6.58. The Labute approximate surface area is 109 Å². The van der Waals surface area contributed by atoms with Crippen molar-refractivity contribution in [1.29, 1.82) is 0 Å². The van der Waals surface area contributed by atoms with Gasteiger partial charge in [0.1, 0.15) is 5.82 Å². The van der Waals surface area contributed by atoms with Crippen molar-refractivity contribution in [2.75, 3.05) is 23.1 Å². The van der Waals surface area contributed by atoms with Crippen LogP contribution in [0.1, 0.15) is 23.2 Å². The van der Waals surface area contributed by atoms with Crippen LogP contribution in [0.15, 0.2) is 11.4 Å². The van der Waals surface area contributed by atoms with E-state index < -0.39 is 0 Å². The predicted molar refractivity (Wildman–Crippen MR) is 73.2 cm³/mol. The smallest absolute Gasteiger partial charge is 0.189 e. The zero-order valence-electron chi connectivity index (χ0n) is 9.68. The first kappa shape index (κ1) is 12.7. The molecule has 4 nitrogen and oxygen atoms in total. The van der Waals surface area contributed by atoms with Gasteiger partial charge in [0.25, 0.3) is 0 Å². The summed E-state index contributed by atoms with van der Waals surface area (Å²) < 4.78 is 0. The molecule has 1 aliphatic rings. The number of nitrogens with zero attached hydrogens (tertiary/aromatic N) is 2. The minimum atomic E-state index is 0.430. The lowest BCUT2D eigenvalue weighted by Crippen LogP contribution is -2.25.